The predicted octanol–water partition coefficient (Wildman–Crippen LogP) is 6.07. The molecule has 0 saturated carbocycles. The highest BCUT2D eigenvalue weighted by Crippen LogP contribution is 2.34. The quantitative estimate of drug-likeness (QED) is 0.231. The molecule has 0 aliphatic heterocycles. The Bertz CT molecular complexity index is 1520. The van der Waals surface area contributed by atoms with Gasteiger partial charge in [0.2, 0.25) is 0 Å². The van der Waals surface area contributed by atoms with Crippen LogP contribution in [0.1, 0.15) is 29.8 Å². The Morgan fingerprint density at radius 1 is 0.974 bits per heavy atom. The summed E-state index contributed by atoms with van der Waals surface area (Å²) < 4.78 is 28.5. The van der Waals surface area contributed by atoms with Crippen LogP contribution in [0.25, 0.3) is 10.2 Å². The second kappa shape index (κ2) is 11.8. The molecule has 0 N–H and O–H groups in total. The van der Waals surface area contributed by atoms with Gasteiger partial charge in [0.25, 0.3) is 15.9 Å². The van der Waals surface area contributed by atoms with Gasteiger partial charge in [0.05, 0.1) is 20.8 Å². The number of amides is 1. The summed E-state index contributed by atoms with van der Waals surface area (Å²) in [7, 11) is -2.27. The van der Waals surface area contributed by atoms with Crippen LogP contribution in [-0.4, -0.2) is 57.4 Å². The zero-order chi connectivity index (χ0) is 27.4. The van der Waals surface area contributed by atoms with Gasteiger partial charge >= 0.3 is 0 Å². The average Bonchev–Trinajstić information content (AvgIpc) is 3.35. The van der Waals surface area contributed by atoms with Crippen LogP contribution in [0.3, 0.4) is 0 Å². The number of hydrogen-bond acceptors (Lipinski definition) is 6. The van der Waals surface area contributed by atoms with E-state index in [1.54, 1.807) is 41.3 Å². The number of benzene rings is 3. The number of carbonyl (C=O) groups excluding carboxylic acids is 1. The molecule has 0 fully saturated rings. The van der Waals surface area contributed by atoms with Gasteiger partial charge in [-0.1, -0.05) is 55.0 Å². The van der Waals surface area contributed by atoms with Crippen molar-refractivity contribution in [2.75, 3.05) is 42.4 Å². The lowest BCUT2D eigenvalue weighted by Crippen LogP contribution is -2.38. The fraction of sp³-hybridized carbons (Fsp3) is 0.286. The molecule has 0 aliphatic carbocycles. The van der Waals surface area contributed by atoms with Crippen molar-refractivity contribution in [2.45, 2.75) is 25.7 Å². The molecule has 1 aromatic heterocycles. The fourth-order valence-electron chi connectivity index (χ4n) is 4.18. The van der Waals surface area contributed by atoms with E-state index in [1.807, 2.05) is 25.1 Å². The summed E-state index contributed by atoms with van der Waals surface area (Å²) in [5.41, 5.74) is 2.71. The smallest absolute Gasteiger partial charge is 0.264 e. The monoisotopic (exact) mass is 570 g/mol. The van der Waals surface area contributed by atoms with Crippen molar-refractivity contribution < 1.29 is 13.2 Å². The molecule has 4 aromatic rings. The molecule has 0 spiro atoms. The van der Waals surface area contributed by atoms with Gasteiger partial charge in [0, 0.05) is 30.7 Å². The van der Waals surface area contributed by atoms with Crippen LogP contribution >= 0.6 is 22.9 Å². The molecule has 0 radical (unpaired) electrons. The van der Waals surface area contributed by atoms with Crippen LogP contribution in [0.5, 0.6) is 0 Å². The number of sulfonamides is 1. The molecule has 1 heterocycles. The van der Waals surface area contributed by atoms with E-state index in [4.69, 9.17) is 16.6 Å². The van der Waals surface area contributed by atoms with Gasteiger partial charge in [-0.15, -0.1) is 0 Å². The van der Waals surface area contributed by atoms with Crippen molar-refractivity contribution in [3.63, 3.8) is 0 Å². The number of para-hydroxylation sites is 1. The summed E-state index contributed by atoms with van der Waals surface area (Å²) in [5.74, 6) is -0.236. The maximum absolute atomic E-state index is 13.8. The Balaban J connectivity index is 1.65. The van der Waals surface area contributed by atoms with Crippen molar-refractivity contribution in [2.24, 2.45) is 0 Å². The minimum atomic E-state index is -3.78. The van der Waals surface area contributed by atoms with E-state index in [0.717, 1.165) is 28.9 Å². The van der Waals surface area contributed by atoms with Gasteiger partial charge in [-0.3, -0.25) is 14.0 Å². The van der Waals surface area contributed by atoms with E-state index >= 15 is 0 Å². The highest BCUT2D eigenvalue weighted by Gasteiger charge is 2.25. The molecule has 0 atom stereocenters. The molecule has 0 unspecified atom stereocenters. The van der Waals surface area contributed by atoms with E-state index < -0.39 is 10.0 Å². The van der Waals surface area contributed by atoms with Crippen molar-refractivity contribution >= 4 is 59.9 Å². The van der Waals surface area contributed by atoms with Crippen LogP contribution in [0.2, 0.25) is 5.02 Å². The van der Waals surface area contributed by atoms with E-state index in [-0.39, 0.29) is 10.8 Å². The highest BCUT2D eigenvalue weighted by molar-refractivity contribution is 7.92. The molecule has 10 heteroatoms. The standard InChI is InChI=1S/C28H31ClN4O3S2/c1-5-32(6-2)16-17-33(28-30-26-20(3)18-22(29)19-25(26)37-28)27(34)21-12-14-24(15-13-21)38(35,36)31(4)23-10-8-7-9-11-23/h7-15,18-19H,5-6,16-17H2,1-4H3. The fourth-order valence-corrected chi connectivity index (χ4v) is 6.82. The Morgan fingerprint density at radius 3 is 2.26 bits per heavy atom. The van der Waals surface area contributed by atoms with E-state index in [2.05, 4.69) is 18.7 Å². The van der Waals surface area contributed by atoms with Crippen LogP contribution in [0, 0.1) is 6.92 Å². The predicted molar refractivity (Wildman–Crippen MR) is 157 cm³/mol. The summed E-state index contributed by atoms with van der Waals surface area (Å²) in [6, 6.07) is 18.7. The van der Waals surface area contributed by atoms with E-state index in [0.29, 0.717) is 34.5 Å². The molecular formula is C28H31ClN4O3S2. The van der Waals surface area contributed by atoms with Gasteiger partial charge in [-0.2, -0.15) is 0 Å². The first-order valence-corrected chi connectivity index (χ1v) is 15.0. The maximum atomic E-state index is 13.8. The number of anilines is 2. The molecule has 0 saturated heterocycles. The number of nitrogens with zero attached hydrogens (tertiary/aromatic N) is 4. The van der Waals surface area contributed by atoms with Gasteiger partial charge in [0.15, 0.2) is 5.13 Å². The third-order valence-corrected chi connectivity index (χ3v) is 9.57. The number of carbonyl (C=O) groups is 1. The van der Waals surface area contributed by atoms with Gasteiger partial charge < -0.3 is 4.90 Å². The van der Waals surface area contributed by atoms with Crippen LogP contribution in [-0.2, 0) is 10.0 Å². The second-order valence-electron chi connectivity index (χ2n) is 8.88. The molecule has 38 heavy (non-hydrogen) atoms. The minimum absolute atomic E-state index is 0.111. The van der Waals surface area contributed by atoms with Crippen molar-refractivity contribution in [1.29, 1.82) is 0 Å². The molecule has 200 valence electrons. The van der Waals surface area contributed by atoms with Crippen LogP contribution < -0.4 is 9.21 Å². The first-order chi connectivity index (χ1) is 18.1. The van der Waals surface area contributed by atoms with Gasteiger partial charge in [0.1, 0.15) is 0 Å². The Labute approximate surface area is 233 Å². The summed E-state index contributed by atoms with van der Waals surface area (Å²) in [5, 5.41) is 1.21. The number of fused-ring (bicyclic) bond motifs is 1. The molecule has 1 amide bonds. The largest absolute Gasteiger partial charge is 0.302 e. The Morgan fingerprint density at radius 2 is 1.63 bits per heavy atom. The van der Waals surface area contributed by atoms with Crippen molar-refractivity contribution in [3.8, 4) is 0 Å². The molecule has 7 nitrogen and oxygen atoms in total. The van der Waals surface area contributed by atoms with Crippen LogP contribution in [0.15, 0.2) is 71.6 Å². The second-order valence-corrected chi connectivity index (χ2v) is 12.3. The number of hydrogen-bond donors (Lipinski definition) is 0. The van der Waals surface area contributed by atoms with Gasteiger partial charge in [-0.25, -0.2) is 13.4 Å². The number of rotatable bonds is 10. The third-order valence-electron chi connectivity index (χ3n) is 6.53. The van der Waals surface area contributed by atoms with Gasteiger partial charge in [-0.05, 0) is 74.1 Å². The average molecular weight is 571 g/mol. The molecular weight excluding hydrogens is 540 g/mol. The summed E-state index contributed by atoms with van der Waals surface area (Å²) in [6.07, 6.45) is 0. The number of halogens is 1. The first-order valence-electron chi connectivity index (χ1n) is 12.4. The normalized spacial score (nSPS) is 11.7. The number of thiazole rings is 1. The Hall–Kier alpha value is -2.98. The first kappa shape index (κ1) is 28.0. The number of likely N-dealkylation sites (N-methyl/N-ethyl adjacent to an activating group) is 1. The Kier molecular flexibility index (Phi) is 8.72. The summed E-state index contributed by atoms with van der Waals surface area (Å²) >= 11 is 7.68. The van der Waals surface area contributed by atoms with E-state index in [9.17, 15) is 13.2 Å². The lowest BCUT2D eigenvalue weighted by molar-refractivity contribution is 0.0983. The molecule has 0 aliphatic rings. The zero-order valence-electron chi connectivity index (χ0n) is 21.9. The molecule has 4 rings (SSSR count). The van der Waals surface area contributed by atoms with Crippen molar-refractivity contribution in [1.82, 2.24) is 9.88 Å². The highest BCUT2D eigenvalue weighted by atomic mass is 35.5. The third kappa shape index (κ3) is 5.86. The number of aromatic nitrogens is 1. The topological polar surface area (TPSA) is 73.8 Å². The SMILES string of the molecule is CCN(CC)CCN(C(=O)c1ccc(S(=O)(=O)N(C)c2ccccc2)cc1)c1nc2c(C)cc(Cl)cc2s1. The summed E-state index contributed by atoms with van der Waals surface area (Å²) in [6.45, 7) is 9.00. The summed E-state index contributed by atoms with van der Waals surface area (Å²) in [4.78, 5) is 22.6. The maximum Gasteiger partial charge on any atom is 0.264 e. The molecule has 0 bridgehead atoms. The van der Waals surface area contributed by atoms with Crippen molar-refractivity contribution in [3.05, 3.63) is 82.9 Å². The minimum Gasteiger partial charge on any atom is -0.302 e. The zero-order valence-corrected chi connectivity index (χ0v) is 24.3. The lowest BCUT2D eigenvalue weighted by Gasteiger charge is -2.25. The van der Waals surface area contributed by atoms with Crippen LogP contribution in [0.4, 0.5) is 10.8 Å². The lowest BCUT2D eigenvalue weighted by atomic mass is 10.2. The van der Waals surface area contributed by atoms with E-state index in [1.165, 1.54) is 34.8 Å². The molecule has 3 aromatic carbocycles. The number of aryl methyl sites for hydroxylation is 1.